The second-order valence-electron chi connectivity index (χ2n) is 4.20. The molecule has 0 saturated carbocycles. The lowest BCUT2D eigenvalue weighted by molar-refractivity contribution is 0.0847. The predicted molar refractivity (Wildman–Crippen MR) is 84.6 cm³/mol. The van der Waals surface area contributed by atoms with E-state index in [0.717, 1.165) is 0 Å². The molecule has 0 radical (unpaired) electrons. The summed E-state index contributed by atoms with van der Waals surface area (Å²) < 4.78 is 5.39. The highest BCUT2D eigenvalue weighted by Crippen LogP contribution is 2.31. The van der Waals surface area contributed by atoms with Crippen molar-refractivity contribution in [3.8, 4) is 5.75 Å². The van der Waals surface area contributed by atoms with E-state index in [9.17, 15) is 9.90 Å². The summed E-state index contributed by atoms with van der Waals surface area (Å²) in [7, 11) is 0. The average molecular weight is 346 g/mol. The van der Waals surface area contributed by atoms with Crippen molar-refractivity contribution in [3.05, 3.63) is 50.6 Å². The standard InChI is InChI=1S/C14H13Cl2NO3S/c15-10-3-1-4-11(13(10)16)20-8-9(18)7-17-14(19)12-5-2-6-21-12/h1-6,9,18H,7-8H2,(H,17,19)/t9-/m1/s1. The van der Waals surface area contributed by atoms with Crippen LogP contribution in [0.25, 0.3) is 0 Å². The summed E-state index contributed by atoms with van der Waals surface area (Å²) >= 11 is 13.2. The zero-order chi connectivity index (χ0) is 15.2. The Morgan fingerprint density at radius 1 is 1.33 bits per heavy atom. The van der Waals surface area contributed by atoms with Crippen molar-refractivity contribution < 1.29 is 14.6 Å². The van der Waals surface area contributed by atoms with Crippen LogP contribution >= 0.6 is 34.5 Å². The fraction of sp³-hybridized carbons (Fsp3) is 0.214. The second-order valence-corrected chi connectivity index (χ2v) is 5.94. The maximum absolute atomic E-state index is 11.7. The van der Waals surface area contributed by atoms with Crippen LogP contribution in [0.1, 0.15) is 9.67 Å². The Kier molecular flexibility index (Phi) is 5.87. The second kappa shape index (κ2) is 7.66. The van der Waals surface area contributed by atoms with E-state index in [0.29, 0.717) is 20.7 Å². The number of ether oxygens (including phenoxy) is 1. The number of amides is 1. The quantitative estimate of drug-likeness (QED) is 0.844. The molecule has 112 valence electrons. The van der Waals surface area contributed by atoms with Crippen LogP contribution in [-0.2, 0) is 0 Å². The van der Waals surface area contributed by atoms with Crippen LogP contribution in [0, 0.1) is 0 Å². The van der Waals surface area contributed by atoms with E-state index in [1.54, 1.807) is 30.3 Å². The zero-order valence-electron chi connectivity index (χ0n) is 10.9. The van der Waals surface area contributed by atoms with Gasteiger partial charge >= 0.3 is 0 Å². The molecule has 0 saturated heterocycles. The molecule has 4 nitrogen and oxygen atoms in total. The summed E-state index contributed by atoms with van der Waals surface area (Å²) in [6, 6.07) is 8.52. The summed E-state index contributed by atoms with van der Waals surface area (Å²) in [6.07, 6.45) is -0.844. The van der Waals surface area contributed by atoms with Crippen molar-refractivity contribution in [1.29, 1.82) is 0 Å². The number of thiophene rings is 1. The number of aliphatic hydroxyl groups is 1. The van der Waals surface area contributed by atoms with Gasteiger partial charge in [0.05, 0.1) is 9.90 Å². The first-order chi connectivity index (χ1) is 10.1. The van der Waals surface area contributed by atoms with Crippen LogP contribution in [0.2, 0.25) is 10.0 Å². The molecule has 1 aromatic carbocycles. The third-order valence-electron chi connectivity index (χ3n) is 2.59. The van der Waals surface area contributed by atoms with E-state index in [4.69, 9.17) is 27.9 Å². The van der Waals surface area contributed by atoms with Crippen molar-refractivity contribution in [3.63, 3.8) is 0 Å². The van der Waals surface area contributed by atoms with Crippen LogP contribution in [0.3, 0.4) is 0 Å². The Hall–Kier alpha value is -1.27. The first kappa shape index (κ1) is 16.1. The van der Waals surface area contributed by atoms with E-state index in [1.165, 1.54) is 11.3 Å². The Balaban J connectivity index is 1.78. The first-order valence-electron chi connectivity index (χ1n) is 6.14. The average Bonchev–Trinajstić information content (AvgIpc) is 3.00. The van der Waals surface area contributed by atoms with E-state index >= 15 is 0 Å². The molecule has 1 atom stereocenters. The van der Waals surface area contributed by atoms with E-state index in [2.05, 4.69) is 5.32 Å². The first-order valence-corrected chi connectivity index (χ1v) is 7.78. The summed E-state index contributed by atoms with van der Waals surface area (Å²) in [5.41, 5.74) is 0. The zero-order valence-corrected chi connectivity index (χ0v) is 13.2. The third kappa shape index (κ3) is 4.61. The molecule has 0 spiro atoms. The number of carbonyl (C=O) groups excluding carboxylic acids is 1. The molecule has 1 aromatic heterocycles. The lowest BCUT2D eigenvalue weighted by Crippen LogP contribution is -2.35. The van der Waals surface area contributed by atoms with Crippen molar-refractivity contribution in [1.82, 2.24) is 5.32 Å². The van der Waals surface area contributed by atoms with Crippen molar-refractivity contribution in [2.24, 2.45) is 0 Å². The molecule has 2 N–H and O–H groups in total. The predicted octanol–water partition coefficient (Wildman–Crippen LogP) is 3.22. The van der Waals surface area contributed by atoms with Gasteiger partial charge in [-0.15, -0.1) is 11.3 Å². The van der Waals surface area contributed by atoms with Crippen molar-refractivity contribution >= 4 is 40.4 Å². The minimum absolute atomic E-state index is 0.00474. The van der Waals surface area contributed by atoms with Crippen LogP contribution in [0.4, 0.5) is 0 Å². The maximum Gasteiger partial charge on any atom is 0.261 e. The Bertz CT molecular complexity index is 604. The number of carbonyl (C=O) groups is 1. The van der Waals surface area contributed by atoms with E-state index in [1.807, 2.05) is 5.38 Å². The normalized spacial score (nSPS) is 12.0. The largest absolute Gasteiger partial charge is 0.489 e. The maximum atomic E-state index is 11.7. The monoisotopic (exact) mass is 345 g/mol. The molecule has 0 bridgehead atoms. The number of hydrogen-bond acceptors (Lipinski definition) is 4. The van der Waals surface area contributed by atoms with Gasteiger partial charge in [-0.3, -0.25) is 4.79 Å². The number of aliphatic hydroxyl groups excluding tert-OH is 1. The van der Waals surface area contributed by atoms with Gasteiger partial charge in [-0.05, 0) is 23.6 Å². The SMILES string of the molecule is O=C(NC[C@@H](O)COc1cccc(Cl)c1Cl)c1cccs1. The van der Waals surface area contributed by atoms with Crippen LogP contribution in [-0.4, -0.2) is 30.3 Å². The molecule has 0 fully saturated rings. The van der Waals surface area contributed by atoms with Gasteiger partial charge in [-0.2, -0.15) is 0 Å². The van der Waals surface area contributed by atoms with Crippen molar-refractivity contribution in [2.75, 3.05) is 13.2 Å². The molecule has 7 heteroatoms. The number of nitrogens with one attached hydrogen (secondary N) is 1. The molecule has 2 aromatic rings. The Labute approximate surface area is 136 Å². The third-order valence-corrected chi connectivity index (χ3v) is 4.26. The molecule has 1 amide bonds. The number of benzene rings is 1. The summed E-state index contributed by atoms with van der Waals surface area (Å²) in [5, 5.41) is 14.9. The minimum Gasteiger partial charge on any atom is -0.489 e. The summed E-state index contributed by atoms with van der Waals surface area (Å²) in [4.78, 5) is 12.3. The number of halogens is 2. The highest BCUT2D eigenvalue weighted by Gasteiger charge is 2.12. The van der Waals surface area contributed by atoms with E-state index in [-0.39, 0.29) is 19.1 Å². The molecule has 0 aliphatic carbocycles. The highest BCUT2D eigenvalue weighted by atomic mass is 35.5. The summed E-state index contributed by atoms with van der Waals surface area (Å²) in [6.45, 7) is 0.0969. The van der Waals surface area contributed by atoms with Crippen molar-refractivity contribution in [2.45, 2.75) is 6.10 Å². The molecular formula is C14H13Cl2NO3S. The minimum atomic E-state index is -0.844. The molecular weight excluding hydrogens is 333 g/mol. The van der Waals surface area contributed by atoms with Gasteiger partial charge in [0.2, 0.25) is 0 Å². The fourth-order valence-corrected chi connectivity index (χ4v) is 2.53. The number of hydrogen-bond donors (Lipinski definition) is 2. The molecule has 0 aliphatic heterocycles. The van der Waals surface area contributed by atoms with E-state index < -0.39 is 6.10 Å². The lowest BCUT2D eigenvalue weighted by Gasteiger charge is -2.14. The van der Waals surface area contributed by atoms with Crippen LogP contribution < -0.4 is 10.1 Å². The molecule has 0 unspecified atom stereocenters. The smallest absolute Gasteiger partial charge is 0.261 e. The Morgan fingerprint density at radius 2 is 2.14 bits per heavy atom. The van der Waals surface area contributed by atoms with Gasteiger partial charge < -0.3 is 15.2 Å². The molecule has 1 heterocycles. The molecule has 2 rings (SSSR count). The lowest BCUT2D eigenvalue weighted by atomic mass is 10.3. The molecule has 21 heavy (non-hydrogen) atoms. The van der Waals surface area contributed by atoms with Gasteiger partial charge in [0.1, 0.15) is 23.5 Å². The van der Waals surface area contributed by atoms with Gasteiger partial charge in [-0.25, -0.2) is 0 Å². The Morgan fingerprint density at radius 3 is 2.86 bits per heavy atom. The highest BCUT2D eigenvalue weighted by molar-refractivity contribution is 7.12. The van der Waals surface area contributed by atoms with Crippen LogP contribution in [0.15, 0.2) is 35.7 Å². The van der Waals surface area contributed by atoms with Gasteiger partial charge in [0.15, 0.2) is 0 Å². The number of rotatable bonds is 6. The fourth-order valence-electron chi connectivity index (χ4n) is 1.55. The van der Waals surface area contributed by atoms with Crippen LogP contribution in [0.5, 0.6) is 5.75 Å². The summed E-state index contributed by atoms with van der Waals surface area (Å²) in [5.74, 6) is 0.178. The van der Waals surface area contributed by atoms with Gasteiger partial charge in [-0.1, -0.05) is 35.3 Å². The van der Waals surface area contributed by atoms with Gasteiger partial charge in [0, 0.05) is 6.54 Å². The topological polar surface area (TPSA) is 58.6 Å². The molecule has 0 aliphatic rings. The van der Waals surface area contributed by atoms with Gasteiger partial charge in [0.25, 0.3) is 5.91 Å².